The van der Waals surface area contributed by atoms with Crippen LogP contribution in [0.1, 0.15) is 43.5 Å². The van der Waals surface area contributed by atoms with E-state index in [1.807, 2.05) is 30.3 Å². The molecule has 0 atom stereocenters. The molecule has 2 aromatic carbocycles. The molecule has 0 amide bonds. The van der Waals surface area contributed by atoms with E-state index in [4.69, 9.17) is 0 Å². The number of para-hydroxylation sites is 1. The SMILES string of the molecule is CC(C)CC1(O)CCN(C)CC1.CNc1cccc(SNc2ccc(C=O)cc2)c1N=CC=O. The van der Waals surface area contributed by atoms with E-state index >= 15 is 0 Å². The van der Waals surface area contributed by atoms with Crippen molar-refractivity contribution in [2.45, 2.75) is 43.6 Å². The Morgan fingerprint density at radius 2 is 1.82 bits per heavy atom. The molecule has 1 aliphatic rings. The van der Waals surface area contributed by atoms with E-state index in [0.717, 1.165) is 54.9 Å². The van der Waals surface area contributed by atoms with Gasteiger partial charge in [-0.2, -0.15) is 0 Å². The number of hydrogen-bond donors (Lipinski definition) is 3. The molecule has 0 bridgehead atoms. The fourth-order valence-electron chi connectivity index (χ4n) is 3.79. The summed E-state index contributed by atoms with van der Waals surface area (Å²) in [4.78, 5) is 28.5. The van der Waals surface area contributed by atoms with Gasteiger partial charge in [0.25, 0.3) is 0 Å². The van der Waals surface area contributed by atoms with Crippen molar-refractivity contribution in [2.24, 2.45) is 10.9 Å². The molecule has 1 fully saturated rings. The van der Waals surface area contributed by atoms with E-state index in [-0.39, 0.29) is 5.60 Å². The lowest BCUT2D eigenvalue weighted by Crippen LogP contribution is -2.43. The van der Waals surface area contributed by atoms with Gasteiger partial charge in [0.15, 0.2) is 6.29 Å². The highest BCUT2D eigenvalue weighted by atomic mass is 32.2. The van der Waals surface area contributed by atoms with Gasteiger partial charge in [0, 0.05) is 31.4 Å². The fourth-order valence-corrected chi connectivity index (χ4v) is 4.56. The molecule has 0 spiro atoms. The van der Waals surface area contributed by atoms with Gasteiger partial charge in [0.2, 0.25) is 0 Å². The Kier molecular flexibility index (Phi) is 11.3. The third kappa shape index (κ3) is 8.93. The van der Waals surface area contributed by atoms with Gasteiger partial charge in [-0.05, 0) is 80.6 Å². The number of nitrogens with zero attached hydrogens (tertiary/aromatic N) is 2. The Bertz CT molecular complexity index is 940. The van der Waals surface area contributed by atoms with Crippen LogP contribution in [0.3, 0.4) is 0 Å². The maximum Gasteiger partial charge on any atom is 0.161 e. The van der Waals surface area contributed by atoms with Crippen LogP contribution in [0.5, 0.6) is 0 Å². The largest absolute Gasteiger partial charge is 0.390 e. The molecule has 184 valence electrons. The molecule has 3 rings (SSSR count). The van der Waals surface area contributed by atoms with Gasteiger partial charge in [0.05, 0.1) is 22.4 Å². The standard InChI is InChI=1S/C16H15N3O2S.C10H21NO/c1-17-14-3-2-4-15(16(14)18-9-10-20)22-19-13-7-5-12(11-21)6-8-13;1-9(2)8-10(12)4-6-11(3)7-5-10/h2-11,17,19H,1H3;9,12H,4-8H2,1-3H3. The number of carbonyl (C=O) groups excluding carboxylic acids is 2. The van der Waals surface area contributed by atoms with Crippen molar-refractivity contribution >= 4 is 47.8 Å². The van der Waals surface area contributed by atoms with Crippen molar-refractivity contribution in [1.29, 1.82) is 0 Å². The smallest absolute Gasteiger partial charge is 0.161 e. The second kappa shape index (κ2) is 13.9. The normalized spacial score (nSPS) is 15.5. The van der Waals surface area contributed by atoms with Gasteiger partial charge in [-0.15, -0.1) is 0 Å². The average molecular weight is 485 g/mol. The summed E-state index contributed by atoms with van der Waals surface area (Å²) in [6.45, 7) is 6.44. The molecule has 1 saturated heterocycles. The Labute approximate surface area is 207 Å². The third-order valence-corrected chi connectivity index (χ3v) is 6.45. The van der Waals surface area contributed by atoms with Gasteiger partial charge >= 0.3 is 0 Å². The highest BCUT2D eigenvalue weighted by Crippen LogP contribution is 2.36. The van der Waals surface area contributed by atoms with Crippen molar-refractivity contribution < 1.29 is 14.7 Å². The molecule has 3 N–H and O–H groups in total. The maximum atomic E-state index is 10.6. The van der Waals surface area contributed by atoms with Crippen molar-refractivity contribution in [3.05, 3.63) is 48.0 Å². The van der Waals surface area contributed by atoms with Gasteiger partial charge < -0.3 is 20.0 Å². The van der Waals surface area contributed by atoms with Crippen LogP contribution in [0.25, 0.3) is 0 Å². The molecular weight excluding hydrogens is 448 g/mol. The van der Waals surface area contributed by atoms with Crippen LogP contribution >= 0.6 is 11.9 Å². The lowest BCUT2D eigenvalue weighted by molar-refractivity contribution is -0.102. The highest BCUT2D eigenvalue weighted by molar-refractivity contribution is 8.00. The van der Waals surface area contributed by atoms with E-state index < -0.39 is 0 Å². The molecule has 7 nitrogen and oxygen atoms in total. The fraction of sp³-hybridized carbons (Fsp3) is 0.423. The minimum Gasteiger partial charge on any atom is -0.390 e. The number of piperidine rings is 1. The summed E-state index contributed by atoms with van der Waals surface area (Å²) >= 11 is 1.39. The number of aliphatic imine (C=N–C) groups is 1. The number of nitrogens with one attached hydrogen (secondary N) is 2. The van der Waals surface area contributed by atoms with E-state index in [1.165, 1.54) is 18.2 Å². The zero-order chi connectivity index (χ0) is 25.0. The number of carbonyl (C=O) groups is 2. The zero-order valence-corrected chi connectivity index (χ0v) is 21.3. The summed E-state index contributed by atoms with van der Waals surface area (Å²) in [6.07, 6.45) is 5.52. The number of hydrogen-bond acceptors (Lipinski definition) is 8. The predicted molar refractivity (Wildman–Crippen MR) is 143 cm³/mol. The predicted octanol–water partition coefficient (Wildman–Crippen LogP) is 5.05. The van der Waals surface area contributed by atoms with Crippen molar-refractivity contribution in [2.75, 3.05) is 37.2 Å². The van der Waals surface area contributed by atoms with Crippen LogP contribution in [0.2, 0.25) is 0 Å². The number of rotatable bonds is 9. The van der Waals surface area contributed by atoms with Crippen LogP contribution in [-0.4, -0.2) is 61.6 Å². The number of aldehydes is 2. The van der Waals surface area contributed by atoms with Gasteiger partial charge in [-0.1, -0.05) is 19.9 Å². The average Bonchev–Trinajstić information content (AvgIpc) is 2.83. The third-order valence-electron chi connectivity index (χ3n) is 5.56. The second-order valence-corrected chi connectivity index (χ2v) is 9.73. The van der Waals surface area contributed by atoms with Crippen LogP contribution in [0.15, 0.2) is 52.4 Å². The Balaban J connectivity index is 0.000000287. The number of benzene rings is 2. The molecule has 0 radical (unpaired) electrons. The lowest BCUT2D eigenvalue weighted by atomic mass is 9.84. The molecule has 34 heavy (non-hydrogen) atoms. The molecule has 8 heteroatoms. The van der Waals surface area contributed by atoms with Crippen LogP contribution in [-0.2, 0) is 4.79 Å². The van der Waals surface area contributed by atoms with E-state index in [1.54, 1.807) is 19.2 Å². The Morgan fingerprint density at radius 1 is 1.15 bits per heavy atom. The first-order valence-electron chi connectivity index (χ1n) is 11.5. The molecule has 0 saturated carbocycles. The lowest BCUT2D eigenvalue weighted by Gasteiger charge is -2.37. The van der Waals surface area contributed by atoms with Crippen molar-refractivity contribution in [3.63, 3.8) is 0 Å². The van der Waals surface area contributed by atoms with Crippen molar-refractivity contribution in [3.8, 4) is 0 Å². The molecular formula is C26H36N4O3S. The molecule has 2 aromatic rings. The van der Waals surface area contributed by atoms with Crippen molar-refractivity contribution in [1.82, 2.24) is 4.90 Å². The molecule has 1 heterocycles. The van der Waals surface area contributed by atoms with Crippen LogP contribution in [0.4, 0.5) is 17.1 Å². The topological polar surface area (TPSA) is 94.0 Å². The number of likely N-dealkylation sites (tertiary alicyclic amines) is 1. The summed E-state index contributed by atoms with van der Waals surface area (Å²) in [6, 6.07) is 12.8. The number of aliphatic hydroxyl groups is 1. The van der Waals surface area contributed by atoms with Crippen LogP contribution < -0.4 is 10.0 Å². The van der Waals surface area contributed by atoms with Gasteiger partial charge in [-0.3, -0.25) is 14.6 Å². The highest BCUT2D eigenvalue weighted by Gasteiger charge is 2.31. The Hall–Kier alpha value is -2.68. The first-order chi connectivity index (χ1) is 16.3. The molecule has 0 aliphatic carbocycles. The maximum absolute atomic E-state index is 10.6. The number of anilines is 2. The van der Waals surface area contributed by atoms with E-state index in [2.05, 4.69) is 40.8 Å². The first kappa shape index (κ1) is 27.6. The zero-order valence-electron chi connectivity index (χ0n) is 20.5. The van der Waals surface area contributed by atoms with E-state index in [0.29, 0.717) is 23.5 Å². The summed E-state index contributed by atoms with van der Waals surface area (Å²) in [5.74, 6) is 0.610. The minimum absolute atomic E-state index is 0.360. The van der Waals surface area contributed by atoms with E-state index in [9.17, 15) is 14.7 Å². The summed E-state index contributed by atoms with van der Waals surface area (Å²) in [7, 11) is 3.92. The van der Waals surface area contributed by atoms with Crippen LogP contribution in [0, 0.1) is 5.92 Å². The quantitative estimate of drug-likeness (QED) is 0.260. The summed E-state index contributed by atoms with van der Waals surface area (Å²) in [5, 5.41) is 13.2. The summed E-state index contributed by atoms with van der Waals surface area (Å²) < 4.78 is 3.19. The molecule has 1 aliphatic heterocycles. The molecule has 0 unspecified atom stereocenters. The Morgan fingerprint density at radius 3 is 2.38 bits per heavy atom. The summed E-state index contributed by atoms with van der Waals surface area (Å²) in [5.41, 5.74) is 2.67. The van der Waals surface area contributed by atoms with Gasteiger partial charge in [-0.25, -0.2) is 0 Å². The minimum atomic E-state index is -0.360. The first-order valence-corrected chi connectivity index (χ1v) is 12.3. The molecule has 0 aromatic heterocycles. The monoisotopic (exact) mass is 484 g/mol. The van der Waals surface area contributed by atoms with Gasteiger partial charge in [0.1, 0.15) is 12.0 Å². The second-order valence-electron chi connectivity index (χ2n) is 8.89.